The van der Waals surface area contributed by atoms with Gasteiger partial charge in [0.05, 0.1) is 14.2 Å². The fraction of sp³-hybridized carbons (Fsp3) is 0.733. The van der Waals surface area contributed by atoms with E-state index in [1.54, 1.807) is 6.92 Å². The van der Waals surface area contributed by atoms with E-state index in [0.29, 0.717) is 17.6 Å². The van der Waals surface area contributed by atoms with Gasteiger partial charge in [-0.25, -0.2) is 0 Å². The molecule has 1 saturated carbocycles. The standard InChI is InChI=1S/C30H48O4/c1-7-22(3)25-16-10-8-9-14-24(18-19-25)15-12-11-13-21(2)17-20-26-23(4)27(31)29(33-5)30(34-6)28(26)32/h17,22,24-25H,7-16,18-20H2,1-6H3. The summed E-state index contributed by atoms with van der Waals surface area (Å²) >= 11 is 0. The highest BCUT2D eigenvalue weighted by Gasteiger charge is 2.34. The zero-order chi connectivity index (χ0) is 25.1. The first kappa shape index (κ1) is 28.4. The van der Waals surface area contributed by atoms with Crippen LogP contribution in [0.25, 0.3) is 0 Å². The number of methoxy groups -OCH3 is 2. The topological polar surface area (TPSA) is 52.6 Å². The normalized spacial score (nSPS) is 24.0. The minimum Gasteiger partial charge on any atom is -0.489 e. The van der Waals surface area contributed by atoms with Crippen molar-refractivity contribution in [1.29, 1.82) is 0 Å². The average Bonchev–Trinajstić information content (AvgIpc) is 2.95. The molecule has 0 aromatic rings. The summed E-state index contributed by atoms with van der Waals surface area (Å²) in [6.07, 6.45) is 18.6. The maximum Gasteiger partial charge on any atom is 0.228 e. The molecule has 0 amide bonds. The van der Waals surface area contributed by atoms with Gasteiger partial charge in [0, 0.05) is 11.1 Å². The number of Topliss-reactive ketones (excluding diaryl/α,β-unsaturated/α-hetero) is 2. The highest BCUT2D eigenvalue weighted by Crippen LogP contribution is 2.33. The lowest BCUT2D eigenvalue weighted by molar-refractivity contribution is -0.121. The Hall–Kier alpha value is -1.84. The predicted octanol–water partition coefficient (Wildman–Crippen LogP) is 7.88. The second kappa shape index (κ2) is 14.5. The van der Waals surface area contributed by atoms with Crippen molar-refractivity contribution >= 4 is 11.6 Å². The molecule has 2 aliphatic rings. The molecular weight excluding hydrogens is 424 g/mol. The number of hydrogen-bond donors (Lipinski definition) is 0. The van der Waals surface area contributed by atoms with Gasteiger partial charge in [0.25, 0.3) is 0 Å². The van der Waals surface area contributed by atoms with E-state index in [1.807, 2.05) is 0 Å². The van der Waals surface area contributed by atoms with E-state index in [-0.39, 0.29) is 23.1 Å². The first-order valence-electron chi connectivity index (χ1n) is 13.6. The molecule has 34 heavy (non-hydrogen) atoms. The quantitative estimate of drug-likeness (QED) is 0.174. The Kier molecular flexibility index (Phi) is 12.1. The summed E-state index contributed by atoms with van der Waals surface area (Å²) in [5, 5.41) is 0. The third kappa shape index (κ3) is 7.85. The third-order valence-electron chi connectivity index (χ3n) is 8.26. The molecule has 192 valence electrons. The van der Waals surface area contributed by atoms with Gasteiger partial charge in [-0.1, -0.05) is 83.3 Å². The van der Waals surface area contributed by atoms with Gasteiger partial charge >= 0.3 is 0 Å². The molecule has 0 heterocycles. The third-order valence-corrected chi connectivity index (χ3v) is 8.26. The van der Waals surface area contributed by atoms with Gasteiger partial charge in [-0.3, -0.25) is 9.59 Å². The van der Waals surface area contributed by atoms with E-state index >= 15 is 0 Å². The zero-order valence-corrected chi connectivity index (χ0v) is 22.6. The molecule has 0 aliphatic heterocycles. The number of carbonyl (C=O) groups excluding carboxylic acids is 2. The van der Waals surface area contributed by atoms with Crippen LogP contribution in [0.2, 0.25) is 0 Å². The number of carbonyl (C=O) groups is 2. The Morgan fingerprint density at radius 1 is 0.971 bits per heavy atom. The van der Waals surface area contributed by atoms with Crippen LogP contribution in [0.4, 0.5) is 0 Å². The molecule has 0 bridgehead atoms. The van der Waals surface area contributed by atoms with E-state index in [1.165, 1.54) is 90.4 Å². The van der Waals surface area contributed by atoms with Gasteiger partial charge in [-0.05, 0) is 57.3 Å². The Morgan fingerprint density at radius 3 is 2.32 bits per heavy atom. The van der Waals surface area contributed by atoms with Crippen molar-refractivity contribution in [2.45, 2.75) is 111 Å². The molecule has 3 unspecified atom stereocenters. The lowest BCUT2D eigenvalue weighted by Crippen LogP contribution is -2.24. The summed E-state index contributed by atoms with van der Waals surface area (Å²) in [6.45, 7) is 8.63. The van der Waals surface area contributed by atoms with Crippen molar-refractivity contribution in [3.63, 3.8) is 0 Å². The van der Waals surface area contributed by atoms with Crippen LogP contribution < -0.4 is 0 Å². The molecule has 4 heteroatoms. The number of ether oxygens (including phenoxy) is 2. The molecule has 1 fully saturated rings. The summed E-state index contributed by atoms with van der Waals surface area (Å²) < 4.78 is 10.3. The van der Waals surface area contributed by atoms with Crippen molar-refractivity contribution in [2.75, 3.05) is 14.2 Å². The summed E-state index contributed by atoms with van der Waals surface area (Å²) in [4.78, 5) is 25.3. The first-order valence-corrected chi connectivity index (χ1v) is 13.6. The maximum atomic E-state index is 12.8. The van der Waals surface area contributed by atoms with Gasteiger partial charge in [0.15, 0.2) is 0 Å². The van der Waals surface area contributed by atoms with Crippen LogP contribution in [0.15, 0.2) is 34.3 Å². The predicted molar refractivity (Wildman–Crippen MR) is 139 cm³/mol. The van der Waals surface area contributed by atoms with Crippen LogP contribution in [0.1, 0.15) is 111 Å². The molecule has 0 spiro atoms. The van der Waals surface area contributed by atoms with Crippen molar-refractivity contribution < 1.29 is 19.1 Å². The molecule has 0 saturated heterocycles. The van der Waals surface area contributed by atoms with Gasteiger partial charge in [0.1, 0.15) is 0 Å². The Morgan fingerprint density at radius 2 is 1.65 bits per heavy atom. The molecule has 3 atom stereocenters. The largest absolute Gasteiger partial charge is 0.489 e. The number of ketones is 2. The van der Waals surface area contributed by atoms with Crippen LogP contribution in [-0.4, -0.2) is 25.8 Å². The average molecular weight is 473 g/mol. The van der Waals surface area contributed by atoms with Gasteiger partial charge in [-0.2, -0.15) is 0 Å². The SMILES string of the molecule is CCC(C)C1CCCCCC(CCCCC(C)=CCC2=C(C)C(=O)C(OC)=C(OC)C2=O)CC1. The fourth-order valence-electron chi connectivity index (χ4n) is 5.60. The van der Waals surface area contributed by atoms with Gasteiger partial charge in [0.2, 0.25) is 23.1 Å². The number of hydrogen-bond acceptors (Lipinski definition) is 4. The molecule has 0 aromatic carbocycles. The van der Waals surface area contributed by atoms with E-state index in [0.717, 1.165) is 24.2 Å². The van der Waals surface area contributed by atoms with Crippen molar-refractivity contribution in [3.8, 4) is 0 Å². The summed E-state index contributed by atoms with van der Waals surface area (Å²) in [5.74, 6) is 2.22. The molecule has 2 aliphatic carbocycles. The molecule has 0 aromatic heterocycles. The Labute approximate surface area is 208 Å². The van der Waals surface area contributed by atoms with Crippen molar-refractivity contribution in [2.24, 2.45) is 17.8 Å². The minimum atomic E-state index is -0.259. The van der Waals surface area contributed by atoms with Crippen molar-refractivity contribution in [1.82, 2.24) is 0 Å². The van der Waals surface area contributed by atoms with E-state index in [4.69, 9.17) is 9.47 Å². The lowest BCUT2D eigenvalue weighted by Gasteiger charge is -2.24. The second-order valence-corrected chi connectivity index (χ2v) is 10.6. The highest BCUT2D eigenvalue weighted by molar-refractivity contribution is 6.23. The molecule has 2 rings (SSSR count). The van der Waals surface area contributed by atoms with Crippen molar-refractivity contribution in [3.05, 3.63) is 34.3 Å². The minimum absolute atomic E-state index is 0.00911. The monoisotopic (exact) mass is 472 g/mol. The number of rotatable bonds is 11. The van der Waals surface area contributed by atoms with Crippen LogP contribution in [-0.2, 0) is 19.1 Å². The number of unbranched alkanes of at least 4 members (excludes halogenated alkanes) is 1. The van der Waals surface area contributed by atoms with Gasteiger partial charge < -0.3 is 9.47 Å². The molecule has 4 nitrogen and oxygen atoms in total. The van der Waals surface area contributed by atoms with Gasteiger partial charge in [-0.15, -0.1) is 0 Å². The summed E-state index contributed by atoms with van der Waals surface area (Å²) in [5.41, 5.74) is 2.26. The zero-order valence-electron chi connectivity index (χ0n) is 22.6. The van der Waals surface area contributed by atoms with Crippen LogP contribution in [0, 0.1) is 17.8 Å². The Bertz CT molecular complexity index is 786. The molecule has 0 N–H and O–H groups in total. The second-order valence-electron chi connectivity index (χ2n) is 10.6. The van der Waals surface area contributed by atoms with E-state index < -0.39 is 0 Å². The lowest BCUT2D eigenvalue weighted by atomic mass is 9.82. The maximum absolute atomic E-state index is 12.8. The highest BCUT2D eigenvalue weighted by atomic mass is 16.5. The smallest absolute Gasteiger partial charge is 0.228 e. The van der Waals surface area contributed by atoms with Crippen LogP contribution >= 0.6 is 0 Å². The van der Waals surface area contributed by atoms with E-state index in [9.17, 15) is 9.59 Å². The first-order chi connectivity index (χ1) is 16.3. The summed E-state index contributed by atoms with van der Waals surface area (Å²) in [6, 6.07) is 0. The van der Waals surface area contributed by atoms with Crippen LogP contribution in [0.3, 0.4) is 0 Å². The molecule has 0 radical (unpaired) electrons. The summed E-state index contributed by atoms with van der Waals surface area (Å²) in [7, 11) is 2.80. The van der Waals surface area contributed by atoms with E-state index in [2.05, 4.69) is 26.8 Å². The molecular formula is C30H48O4. The fourth-order valence-corrected chi connectivity index (χ4v) is 5.60. The Balaban J connectivity index is 1.83. The number of allylic oxidation sites excluding steroid dienone is 4. The van der Waals surface area contributed by atoms with Crippen LogP contribution in [0.5, 0.6) is 0 Å².